The minimum atomic E-state index is -0.416. The molecule has 0 radical (unpaired) electrons. The number of Topliss-reactive ketones (excluding diaryl/α,β-unsaturated/α-hetero) is 1. The molecular formula is C20H19NO5S. The molecule has 0 aliphatic carbocycles. The first-order valence-electron chi connectivity index (χ1n) is 8.75. The Kier molecular flexibility index (Phi) is 6.13. The van der Waals surface area contributed by atoms with Crippen LogP contribution in [0.25, 0.3) is 0 Å². The van der Waals surface area contributed by atoms with E-state index in [4.69, 9.17) is 4.74 Å². The molecule has 0 atom stereocenters. The molecule has 0 saturated heterocycles. The predicted octanol–water partition coefficient (Wildman–Crippen LogP) is 3.33. The van der Waals surface area contributed by atoms with Gasteiger partial charge in [0.2, 0.25) is 0 Å². The van der Waals surface area contributed by atoms with Crippen LogP contribution < -0.4 is 0 Å². The zero-order chi connectivity index (χ0) is 19.2. The van der Waals surface area contributed by atoms with Crippen molar-refractivity contribution in [3.05, 3.63) is 57.8 Å². The summed E-state index contributed by atoms with van der Waals surface area (Å²) in [6.07, 6.45) is 1.27. The topological polar surface area (TPSA) is 80.8 Å². The van der Waals surface area contributed by atoms with Gasteiger partial charge in [-0.25, -0.2) is 0 Å². The van der Waals surface area contributed by atoms with E-state index < -0.39 is 5.97 Å². The summed E-state index contributed by atoms with van der Waals surface area (Å²) in [6, 6.07) is 10.3. The number of benzene rings is 1. The lowest BCUT2D eigenvalue weighted by Crippen LogP contribution is -2.30. The summed E-state index contributed by atoms with van der Waals surface area (Å²) in [5, 5.41) is 1.82. The van der Waals surface area contributed by atoms with E-state index >= 15 is 0 Å². The van der Waals surface area contributed by atoms with Crippen LogP contribution in [0.4, 0.5) is 0 Å². The summed E-state index contributed by atoms with van der Waals surface area (Å²) in [5.41, 5.74) is 0.869. The van der Waals surface area contributed by atoms with Crippen molar-refractivity contribution >= 4 is 34.9 Å². The van der Waals surface area contributed by atoms with Gasteiger partial charge in [0.15, 0.2) is 5.78 Å². The van der Waals surface area contributed by atoms with E-state index in [0.29, 0.717) is 35.4 Å². The third-order valence-electron chi connectivity index (χ3n) is 4.27. The molecule has 1 aliphatic heterocycles. The third kappa shape index (κ3) is 4.49. The lowest BCUT2D eigenvalue weighted by molar-refractivity contribution is -0.143. The highest BCUT2D eigenvalue weighted by Crippen LogP contribution is 2.22. The monoisotopic (exact) mass is 385 g/mol. The van der Waals surface area contributed by atoms with Crippen molar-refractivity contribution in [3.8, 4) is 0 Å². The quantitative estimate of drug-likeness (QED) is 0.286. The van der Waals surface area contributed by atoms with E-state index in [1.54, 1.807) is 36.4 Å². The van der Waals surface area contributed by atoms with Crippen molar-refractivity contribution in [3.63, 3.8) is 0 Å². The molecule has 0 bridgehead atoms. The molecule has 2 heterocycles. The maximum Gasteiger partial charge on any atom is 0.306 e. The van der Waals surface area contributed by atoms with Gasteiger partial charge in [-0.15, -0.1) is 11.3 Å². The minimum Gasteiger partial charge on any atom is -0.466 e. The smallest absolute Gasteiger partial charge is 0.306 e. The van der Waals surface area contributed by atoms with Crippen LogP contribution >= 0.6 is 11.3 Å². The maximum atomic E-state index is 12.2. The summed E-state index contributed by atoms with van der Waals surface area (Å²) in [6.45, 7) is 0.496. The molecule has 27 heavy (non-hydrogen) atoms. The lowest BCUT2D eigenvalue weighted by Gasteiger charge is -2.13. The highest BCUT2D eigenvalue weighted by Gasteiger charge is 2.34. The number of carbonyl (C=O) groups excluding carboxylic acids is 4. The Balaban J connectivity index is 1.33. The van der Waals surface area contributed by atoms with E-state index in [2.05, 4.69) is 0 Å². The van der Waals surface area contributed by atoms with Crippen molar-refractivity contribution < 1.29 is 23.9 Å². The summed E-state index contributed by atoms with van der Waals surface area (Å²) in [5.74, 6) is -1.03. The highest BCUT2D eigenvalue weighted by molar-refractivity contribution is 7.12. The first-order valence-corrected chi connectivity index (χ1v) is 9.63. The zero-order valence-electron chi connectivity index (χ0n) is 14.7. The van der Waals surface area contributed by atoms with Gasteiger partial charge in [0.05, 0.1) is 29.0 Å². The van der Waals surface area contributed by atoms with Crippen molar-refractivity contribution in [2.24, 2.45) is 0 Å². The summed E-state index contributed by atoms with van der Waals surface area (Å²) in [7, 11) is 0. The fourth-order valence-electron chi connectivity index (χ4n) is 2.85. The predicted molar refractivity (Wildman–Crippen MR) is 99.9 cm³/mol. The van der Waals surface area contributed by atoms with Gasteiger partial charge in [-0.1, -0.05) is 18.2 Å². The Morgan fingerprint density at radius 2 is 1.63 bits per heavy atom. The average molecular weight is 385 g/mol. The molecule has 0 saturated carbocycles. The lowest BCUT2D eigenvalue weighted by atomic mass is 10.1. The largest absolute Gasteiger partial charge is 0.466 e. The van der Waals surface area contributed by atoms with Gasteiger partial charge < -0.3 is 4.74 Å². The number of unbranched alkanes of at least 4 members (excludes halogenated alkanes) is 1. The second-order valence-electron chi connectivity index (χ2n) is 6.14. The average Bonchev–Trinajstić information content (AvgIpc) is 3.29. The Morgan fingerprint density at radius 3 is 2.26 bits per heavy atom. The second-order valence-corrected chi connectivity index (χ2v) is 7.08. The van der Waals surface area contributed by atoms with Crippen molar-refractivity contribution in [1.82, 2.24) is 4.90 Å². The third-order valence-corrected chi connectivity index (χ3v) is 5.18. The molecule has 0 spiro atoms. The Hall–Kier alpha value is -2.80. The fourth-order valence-corrected chi connectivity index (χ4v) is 3.54. The van der Waals surface area contributed by atoms with Gasteiger partial charge in [0, 0.05) is 13.0 Å². The zero-order valence-corrected chi connectivity index (χ0v) is 15.5. The van der Waals surface area contributed by atoms with Crippen LogP contribution in [-0.2, 0) is 9.53 Å². The molecule has 0 unspecified atom stereocenters. The number of nitrogens with zero attached hydrogens (tertiary/aromatic N) is 1. The Bertz CT molecular complexity index is 824. The molecule has 1 aliphatic rings. The first kappa shape index (κ1) is 19.0. The molecular weight excluding hydrogens is 366 g/mol. The fraction of sp³-hybridized carbons (Fsp3) is 0.300. The van der Waals surface area contributed by atoms with Crippen LogP contribution in [0.1, 0.15) is 56.1 Å². The normalized spacial score (nSPS) is 13.0. The minimum absolute atomic E-state index is 0.0507. The number of carbonyl (C=O) groups is 4. The number of hydrogen-bond donors (Lipinski definition) is 0. The number of ketones is 1. The maximum absolute atomic E-state index is 12.2. The molecule has 2 aromatic rings. The summed E-state index contributed by atoms with van der Waals surface area (Å²) in [4.78, 5) is 49.8. The van der Waals surface area contributed by atoms with E-state index in [0.717, 1.165) is 0 Å². The van der Waals surface area contributed by atoms with Crippen LogP contribution in [0.15, 0.2) is 41.8 Å². The standard InChI is InChI=1S/C20H19NO5S/c22-16(17-8-5-13-27-17)9-10-18(23)26-12-4-3-11-21-19(24)14-6-1-2-7-15(14)20(21)25/h1-2,5-8,13H,3-4,9-12H2. The van der Waals surface area contributed by atoms with Crippen LogP contribution in [0, 0.1) is 0 Å². The van der Waals surface area contributed by atoms with Gasteiger partial charge in [-0.2, -0.15) is 0 Å². The van der Waals surface area contributed by atoms with E-state index in [1.807, 2.05) is 5.38 Å². The molecule has 1 aromatic heterocycles. The number of imide groups is 1. The van der Waals surface area contributed by atoms with Gasteiger partial charge in [0.1, 0.15) is 0 Å². The number of rotatable bonds is 9. The summed E-state index contributed by atoms with van der Waals surface area (Å²) >= 11 is 1.35. The molecule has 140 valence electrons. The number of thiophene rings is 1. The number of hydrogen-bond acceptors (Lipinski definition) is 6. The summed E-state index contributed by atoms with van der Waals surface area (Å²) < 4.78 is 5.11. The molecule has 0 N–H and O–H groups in total. The van der Waals surface area contributed by atoms with Crippen molar-refractivity contribution in [1.29, 1.82) is 0 Å². The van der Waals surface area contributed by atoms with E-state index in [-0.39, 0.29) is 37.0 Å². The first-order chi connectivity index (χ1) is 13.1. The van der Waals surface area contributed by atoms with Crippen LogP contribution in [-0.4, -0.2) is 41.6 Å². The van der Waals surface area contributed by atoms with E-state index in [1.165, 1.54) is 16.2 Å². The molecule has 6 nitrogen and oxygen atoms in total. The van der Waals surface area contributed by atoms with Crippen LogP contribution in [0.3, 0.4) is 0 Å². The van der Waals surface area contributed by atoms with Crippen LogP contribution in [0.5, 0.6) is 0 Å². The van der Waals surface area contributed by atoms with Gasteiger partial charge >= 0.3 is 5.97 Å². The Labute approximate surface area is 160 Å². The van der Waals surface area contributed by atoms with Crippen LogP contribution in [0.2, 0.25) is 0 Å². The van der Waals surface area contributed by atoms with E-state index in [9.17, 15) is 19.2 Å². The van der Waals surface area contributed by atoms with Gasteiger partial charge in [0.25, 0.3) is 11.8 Å². The van der Waals surface area contributed by atoms with Gasteiger partial charge in [-0.3, -0.25) is 24.1 Å². The number of fused-ring (bicyclic) bond motifs is 1. The van der Waals surface area contributed by atoms with Gasteiger partial charge in [-0.05, 0) is 36.4 Å². The number of ether oxygens (including phenoxy) is 1. The molecule has 2 amide bonds. The molecule has 7 heteroatoms. The second kappa shape index (κ2) is 8.73. The van der Waals surface area contributed by atoms with Crippen molar-refractivity contribution in [2.75, 3.05) is 13.2 Å². The molecule has 0 fully saturated rings. The Morgan fingerprint density at radius 1 is 0.926 bits per heavy atom. The molecule has 1 aromatic carbocycles. The van der Waals surface area contributed by atoms with Crippen molar-refractivity contribution in [2.45, 2.75) is 25.7 Å². The number of amides is 2. The number of esters is 1. The molecule has 3 rings (SSSR count). The highest BCUT2D eigenvalue weighted by atomic mass is 32.1. The SMILES string of the molecule is O=C(CCC(=O)c1cccs1)OCCCCN1C(=O)c2ccccc2C1=O.